The Hall–Kier alpha value is -1.52. The first-order valence-electron chi connectivity index (χ1n) is 5.84. The third-order valence-electron chi connectivity index (χ3n) is 2.96. The lowest BCUT2D eigenvalue weighted by Gasteiger charge is -2.04. The number of halogens is 1. The number of Topliss-reactive ketones (excluding diaryl/α,β-unsaturated/α-hetero) is 1. The van der Waals surface area contributed by atoms with E-state index in [0.29, 0.717) is 6.42 Å². The molecule has 0 fully saturated rings. The number of hydrogen-bond donors (Lipinski definition) is 0. The summed E-state index contributed by atoms with van der Waals surface area (Å²) in [7, 11) is 0. The molecule has 3 rings (SSSR count). The number of carbonyl (C=O) groups is 1. The third-order valence-corrected chi connectivity index (χ3v) is 4.89. The molecule has 0 atom stereocenters. The Morgan fingerprint density at radius 2 is 2.05 bits per heavy atom. The van der Waals surface area contributed by atoms with E-state index in [1.807, 2.05) is 35.7 Å². The Bertz CT molecular complexity index is 745. The van der Waals surface area contributed by atoms with Gasteiger partial charge in [-0.1, -0.05) is 18.2 Å². The van der Waals surface area contributed by atoms with Crippen LogP contribution in [0.5, 0.6) is 0 Å². The summed E-state index contributed by atoms with van der Waals surface area (Å²) in [6.07, 6.45) is 2.12. The first-order chi connectivity index (χ1) is 9.25. The Morgan fingerprint density at radius 3 is 2.84 bits per heavy atom. The smallest absolute Gasteiger partial charge is 0.168 e. The average molecular weight is 332 g/mol. The van der Waals surface area contributed by atoms with Gasteiger partial charge < -0.3 is 0 Å². The zero-order chi connectivity index (χ0) is 13.2. The molecule has 2 aromatic heterocycles. The molecule has 0 radical (unpaired) electrons. The van der Waals surface area contributed by atoms with Gasteiger partial charge in [0, 0.05) is 32.9 Å². The molecule has 2 nitrogen and oxygen atoms in total. The van der Waals surface area contributed by atoms with Gasteiger partial charge in [-0.2, -0.15) is 0 Å². The van der Waals surface area contributed by atoms with E-state index in [-0.39, 0.29) is 5.78 Å². The van der Waals surface area contributed by atoms with Gasteiger partial charge in [0.05, 0.1) is 5.52 Å². The number of ketones is 1. The van der Waals surface area contributed by atoms with Crippen LogP contribution in [0.15, 0.2) is 52.4 Å². The van der Waals surface area contributed by atoms with Gasteiger partial charge in [0.25, 0.3) is 0 Å². The lowest BCUT2D eigenvalue weighted by molar-refractivity contribution is 0.0995. The topological polar surface area (TPSA) is 30.0 Å². The van der Waals surface area contributed by atoms with Gasteiger partial charge in [-0.3, -0.25) is 9.78 Å². The number of thiophene rings is 1. The number of nitrogens with zero attached hydrogens (tertiary/aromatic N) is 1. The van der Waals surface area contributed by atoms with Crippen molar-refractivity contribution >= 4 is 44.0 Å². The summed E-state index contributed by atoms with van der Waals surface area (Å²) in [6, 6.07) is 11.5. The van der Waals surface area contributed by atoms with Gasteiger partial charge in [-0.25, -0.2) is 0 Å². The number of aromatic nitrogens is 1. The monoisotopic (exact) mass is 331 g/mol. The van der Waals surface area contributed by atoms with Crippen LogP contribution in [0.2, 0.25) is 0 Å². The van der Waals surface area contributed by atoms with E-state index in [4.69, 9.17) is 0 Å². The summed E-state index contributed by atoms with van der Waals surface area (Å²) < 4.78 is 1.00. The van der Waals surface area contributed by atoms with Gasteiger partial charge in [0.15, 0.2) is 5.78 Å². The summed E-state index contributed by atoms with van der Waals surface area (Å²) in [6.45, 7) is 0. The normalized spacial score (nSPS) is 10.8. The molecule has 2 heterocycles. The maximum Gasteiger partial charge on any atom is 0.168 e. The van der Waals surface area contributed by atoms with Crippen LogP contribution in [0.3, 0.4) is 0 Å². The van der Waals surface area contributed by atoms with Crippen molar-refractivity contribution in [1.82, 2.24) is 4.98 Å². The molecular formula is C15H10BrNOS. The van der Waals surface area contributed by atoms with Crippen LogP contribution in [0.4, 0.5) is 0 Å². The minimum atomic E-state index is 0.127. The molecule has 0 saturated carbocycles. The molecule has 0 aliphatic carbocycles. The van der Waals surface area contributed by atoms with Crippen LogP contribution in [-0.4, -0.2) is 10.8 Å². The zero-order valence-electron chi connectivity index (χ0n) is 9.97. The van der Waals surface area contributed by atoms with Crippen molar-refractivity contribution in [2.75, 3.05) is 0 Å². The number of para-hydroxylation sites is 1. The van der Waals surface area contributed by atoms with Crippen LogP contribution in [0, 0.1) is 0 Å². The van der Waals surface area contributed by atoms with E-state index in [9.17, 15) is 4.79 Å². The molecule has 1 aromatic carbocycles. The second kappa shape index (κ2) is 5.23. The quantitative estimate of drug-likeness (QED) is 0.662. The number of carbonyl (C=O) groups excluding carboxylic acids is 1. The molecule has 4 heteroatoms. The summed E-state index contributed by atoms with van der Waals surface area (Å²) >= 11 is 5.06. The third kappa shape index (κ3) is 2.46. The van der Waals surface area contributed by atoms with Crippen molar-refractivity contribution in [1.29, 1.82) is 0 Å². The van der Waals surface area contributed by atoms with Crippen LogP contribution in [-0.2, 0) is 6.42 Å². The summed E-state index contributed by atoms with van der Waals surface area (Å²) in [5.74, 6) is 0.127. The molecule has 0 bridgehead atoms. The maximum atomic E-state index is 12.4. The molecule has 0 aliphatic rings. The molecule has 19 heavy (non-hydrogen) atoms. The van der Waals surface area contributed by atoms with Crippen molar-refractivity contribution < 1.29 is 4.79 Å². The fourth-order valence-corrected chi connectivity index (χ4v) is 3.52. The number of hydrogen-bond acceptors (Lipinski definition) is 3. The highest BCUT2D eigenvalue weighted by molar-refractivity contribution is 9.10. The SMILES string of the molecule is O=C(Cc1sccc1Br)c1ccnc2ccccc12. The standard InChI is InChI=1S/C15H10BrNOS/c16-12-6-8-19-15(12)9-14(18)11-5-7-17-13-4-2-1-3-10(11)13/h1-8H,9H2. The first-order valence-corrected chi connectivity index (χ1v) is 7.52. The maximum absolute atomic E-state index is 12.4. The highest BCUT2D eigenvalue weighted by Gasteiger charge is 2.13. The number of rotatable bonds is 3. The predicted octanol–water partition coefficient (Wildman–Crippen LogP) is 4.48. The first kappa shape index (κ1) is 12.5. The molecule has 0 aliphatic heterocycles. The minimum Gasteiger partial charge on any atom is -0.294 e. The van der Waals surface area contributed by atoms with E-state index in [1.165, 1.54) is 0 Å². The van der Waals surface area contributed by atoms with Crippen molar-refractivity contribution in [2.45, 2.75) is 6.42 Å². The van der Waals surface area contributed by atoms with Crippen LogP contribution >= 0.6 is 27.3 Å². The lowest BCUT2D eigenvalue weighted by Crippen LogP contribution is -2.04. The van der Waals surface area contributed by atoms with E-state index in [0.717, 1.165) is 25.8 Å². The molecule has 0 saturated heterocycles. The lowest BCUT2D eigenvalue weighted by atomic mass is 10.0. The van der Waals surface area contributed by atoms with Crippen molar-refractivity contribution in [2.24, 2.45) is 0 Å². The predicted molar refractivity (Wildman–Crippen MR) is 81.8 cm³/mol. The van der Waals surface area contributed by atoms with E-state index >= 15 is 0 Å². The van der Waals surface area contributed by atoms with Gasteiger partial charge in [-0.05, 0) is 39.5 Å². The van der Waals surface area contributed by atoms with Crippen molar-refractivity contribution in [3.63, 3.8) is 0 Å². The zero-order valence-corrected chi connectivity index (χ0v) is 12.4. The summed E-state index contributed by atoms with van der Waals surface area (Å²) in [4.78, 5) is 17.8. The van der Waals surface area contributed by atoms with Crippen LogP contribution in [0.25, 0.3) is 10.9 Å². The highest BCUT2D eigenvalue weighted by atomic mass is 79.9. The van der Waals surface area contributed by atoms with Gasteiger partial charge >= 0.3 is 0 Å². The van der Waals surface area contributed by atoms with Crippen LogP contribution < -0.4 is 0 Å². The van der Waals surface area contributed by atoms with Crippen LogP contribution in [0.1, 0.15) is 15.2 Å². The number of pyridine rings is 1. The minimum absolute atomic E-state index is 0.127. The molecule has 3 aromatic rings. The molecule has 0 unspecified atom stereocenters. The Labute approximate surface area is 123 Å². The second-order valence-corrected chi connectivity index (χ2v) is 6.02. The fourth-order valence-electron chi connectivity index (χ4n) is 2.03. The molecular weight excluding hydrogens is 322 g/mol. The fraction of sp³-hybridized carbons (Fsp3) is 0.0667. The Kier molecular flexibility index (Phi) is 3.44. The van der Waals surface area contributed by atoms with E-state index < -0.39 is 0 Å². The summed E-state index contributed by atoms with van der Waals surface area (Å²) in [5, 5.41) is 2.90. The summed E-state index contributed by atoms with van der Waals surface area (Å²) in [5.41, 5.74) is 1.60. The van der Waals surface area contributed by atoms with E-state index in [2.05, 4.69) is 20.9 Å². The molecule has 0 N–H and O–H groups in total. The number of benzene rings is 1. The molecule has 94 valence electrons. The second-order valence-electron chi connectivity index (χ2n) is 4.17. The number of fused-ring (bicyclic) bond motifs is 1. The molecule has 0 spiro atoms. The Balaban J connectivity index is 2.00. The highest BCUT2D eigenvalue weighted by Crippen LogP contribution is 2.25. The van der Waals surface area contributed by atoms with Gasteiger partial charge in [0.2, 0.25) is 0 Å². The van der Waals surface area contributed by atoms with E-state index in [1.54, 1.807) is 23.6 Å². The average Bonchev–Trinajstić information content (AvgIpc) is 2.83. The van der Waals surface area contributed by atoms with Gasteiger partial charge in [-0.15, -0.1) is 11.3 Å². The van der Waals surface area contributed by atoms with Gasteiger partial charge in [0.1, 0.15) is 0 Å². The van der Waals surface area contributed by atoms with Crippen molar-refractivity contribution in [3.8, 4) is 0 Å². The van der Waals surface area contributed by atoms with Crippen molar-refractivity contribution in [3.05, 3.63) is 62.9 Å². The molecule has 0 amide bonds. The Morgan fingerprint density at radius 1 is 1.21 bits per heavy atom. The largest absolute Gasteiger partial charge is 0.294 e.